The molecule has 0 atom stereocenters. The number of hydrogen-bond acceptors (Lipinski definition) is 5. The number of rotatable bonds is 3. The highest BCUT2D eigenvalue weighted by Gasteiger charge is 1.98. The zero-order valence-corrected chi connectivity index (χ0v) is 7.34. The van der Waals surface area contributed by atoms with E-state index in [4.69, 9.17) is 5.73 Å². The maximum atomic E-state index is 5.39. The standard InChI is InChI=1S/C5H9N3S2/c1-2-9-3-4-7-5(6)10-8-4/h2-3H2,1H3,(H2,6,7,8). The molecule has 0 aliphatic rings. The van der Waals surface area contributed by atoms with Crippen molar-refractivity contribution < 1.29 is 0 Å². The van der Waals surface area contributed by atoms with Gasteiger partial charge in [0.1, 0.15) is 0 Å². The van der Waals surface area contributed by atoms with Crippen LogP contribution in [0.25, 0.3) is 0 Å². The molecule has 1 rings (SSSR count). The van der Waals surface area contributed by atoms with Crippen LogP contribution in [0.15, 0.2) is 0 Å². The highest BCUT2D eigenvalue weighted by atomic mass is 32.2. The molecule has 0 fully saturated rings. The predicted molar refractivity (Wildman–Crippen MR) is 46.2 cm³/mol. The molecule has 0 bridgehead atoms. The summed E-state index contributed by atoms with van der Waals surface area (Å²) in [6.45, 7) is 2.11. The second-order valence-electron chi connectivity index (χ2n) is 1.69. The fourth-order valence-electron chi connectivity index (χ4n) is 0.519. The third kappa shape index (κ3) is 2.15. The average molecular weight is 175 g/mol. The van der Waals surface area contributed by atoms with Gasteiger partial charge in [0.25, 0.3) is 0 Å². The van der Waals surface area contributed by atoms with Gasteiger partial charge in [-0.1, -0.05) is 6.92 Å². The van der Waals surface area contributed by atoms with E-state index in [-0.39, 0.29) is 0 Å². The van der Waals surface area contributed by atoms with Crippen molar-refractivity contribution in [1.82, 2.24) is 9.36 Å². The molecule has 10 heavy (non-hydrogen) atoms. The van der Waals surface area contributed by atoms with E-state index in [1.54, 1.807) is 11.8 Å². The van der Waals surface area contributed by atoms with Crippen LogP contribution in [0.3, 0.4) is 0 Å². The Hall–Kier alpha value is -0.290. The van der Waals surface area contributed by atoms with Crippen molar-refractivity contribution in [3.8, 4) is 0 Å². The molecule has 0 aliphatic heterocycles. The Labute approximate surface area is 68.2 Å². The Morgan fingerprint density at radius 3 is 3.00 bits per heavy atom. The van der Waals surface area contributed by atoms with Crippen molar-refractivity contribution in [3.05, 3.63) is 5.82 Å². The monoisotopic (exact) mass is 175 g/mol. The first-order chi connectivity index (χ1) is 4.83. The molecule has 0 saturated heterocycles. The lowest BCUT2D eigenvalue weighted by Crippen LogP contribution is -1.86. The summed E-state index contributed by atoms with van der Waals surface area (Å²) in [5.41, 5.74) is 5.39. The molecule has 0 unspecified atom stereocenters. The van der Waals surface area contributed by atoms with E-state index in [2.05, 4.69) is 16.3 Å². The molecule has 0 spiro atoms. The largest absolute Gasteiger partial charge is 0.374 e. The van der Waals surface area contributed by atoms with Crippen LogP contribution < -0.4 is 5.73 Å². The molecular weight excluding hydrogens is 166 g/mol. The van der Waals surface area contributed by atoms with Crippen LogP contribution in [0.2, 0.25) is 0 Å². The summed E-state index contributed by atoms with van der Waals surface area (Å²) in [5, 5.41) is 0.562. The number of anilines is 1. The minimum absolute atomic E-state index is 0.562. The number of aromatic nitrogens is 2. The fraction of sp³-hybridized carbons (Fsp3) is 0.600. The average Bonchev–Trinajstić information content (AvgIpc) is 2.31. The number of thioether (sulfide) groups is 1. The van der Waals surface area contributed by atoms with Crippen LogP contribution in [-0.2, 0) is 5.75 Å². The smallest absolute Gasteiger partial charge is 0.199 e. The fourth-order valence-corrected chi connectivity index (χ4v) is 1.57. The Balaban J connectivity index is 2.42. The minimum Gasteiger partial charge on any atom is -0.374 e. The van der Waals surface area contributed by atoms with Gasteiger partial charge in [-0.2, -0.15) is 16.1 Å². The van der Waals surface area contributed by atoms with Crippen LogP contribution in [0.1, 0.15) is 12.7 Å². The van der Waals surface area contributed by atoms with Crippen molar-refractivity contribution in [3.63, 3.8) is 0 Å². The van der Waals surface area contributed by atoms with Gasteiger partial charge in [0.15, 0.2) is 11.0 Å². The molecule has 5 heteroatoms. The molecule has 0 amide bonds. The van der Waals surface area contributed by atoms with Gasteiger partial charge in [0.2, 0.25) is 0 Å². The third-order valence-corrected chi connectivity index (χ3v) is 2.37. The zero-order chi connectivity index (χ0) is 7.40. The van der Waals surface area contributed by atoms with E-state index < -0.39 is 0 Å². The molecule has 1 aromatic rings. The van der Waals surface area contributed by atoms with E-state index >= 15 is 0 Å². The number of nitrogens with two attached hydrogens (primary N) is 1. The van der Waals surface area contributed by atoms with Gasteiger partial charge in [-0.3, -0.25) is 0 Å². The van der Waals surface area contributed by atoms with E-state index in [1.807, 2.05) is 0 Å². The summed E-state index contributed by atoms with van der Waals surface area (Å²) in [6.07, 6.45) is 0. The minimum atomic E-state index is 0.562. The van der Waals surface area contributed by atoms with Crippen molar-refractivity contribution in [2.24, 2.45) is 0 Å². The van der Waals surface area contributed by atoms with Gasteiger partial charge < -0.3 is 5.73 Å². The van der Waals surface area contributed by atoms with E-state index in [9.17, 15) is 0 Å². The highest BCUT2D eigenvalue weighted by Crippen LogP contribution is 2.11. The normalized spacial score (nSPS) is 10.1. The van der Waals surface area contributed by atoms with Gasteiger partial charge in [-0.05, 0) is 5.75 Å². The van der Waals surface area contributed by atoms with Crippen molar-refractivity contribution in [2.45, 2.75) is 12.7 Å². The molecule has 0 aromatic carbocycles. The summed E-state index contributed by atoms with van der Waals surface area (Å²) in [7, 11) is 0. The third-order valence-electron chi connectivity index (χ3n) is 0.919. The molecule has 1 aromatic heterocycles. The van der Waals surface area contributed by atoms with Gasteiger partial charge in [0, 0.05) is 11.5 Å². The topological polar surface area (TPSA) is 51.8 Å². The lowest BCUT2D eigenvalue weighted by molar-refractivity contribution is 1.14. The van der Waals surface area contributed by atoms with E-state index in [0.29, 0.717) is 5.13 Å². The Bertz CT molecular complexity index is 199. The molecule has 3 nitrogen and oxygen atoms in total. The molecule has 1 heterocycles. The van der Waals surface area contributed by atoms with Crippen molar-refractivity contribution >= 4 is 28.4 Å². The van der Waals surface area contributed by atoms with E-state index in [0.717, 1.165) is 17.3 Å². The van der Waals surface area contributed by atoms with Gasteiger partial charge >= 0.3 is 0 Å². The maximum Gasteiger partial charge on any atom is 0.199 e. The number of hydrogen-bond donors (Lipinski definition) is 1. The lowest BCUT2D eigenvalue weighted by atomic mass is 10.7. The predicted octanol–water partition coefficient (Wildman–Crippen LogP) is 1.37. The van der Waals surface area contributed by atoms with Crippen LogP contribution in [0, 0.1) is 0 Å². The van der Waals surface area contributed by atoms with Gasteiger partial charge in [-0.25, -0.2) is 4.98 Å². The molecule has 2 N–H and O–H groups in total. The Kier molecular flexibility index (Phi) is 2.95. The van der Waals surface area contributed by atoms with Gasteiger partial charge in [0.05, 0.1) is 5.75 Å². The quantitative estimate of drug-likeness (QED) is 0.754. The van der Waals surface area contributed by atoms with Crippen LogP contribution in [0.5, 0.6) is 0 Å². The summed E-state index contributed by atoms with van der Waals surface area (Å²) in [5.74, 6) is 2.83. The Morgan fingerprint density at radius 1 is 1.70 bits per heavy atom. The van der Waals surface area contributed by atoms with Crippen molar-refractivity contribution in [2.75, 3.05) is 11.5 Å². The molecule has 56 valence electrons. The first-order valence-electron chi connectivity index (χ1n) is 2.98. The second-order valence-corrected chi connectivity index (χ2v) is 3.74. The second kappa shape index (κ2) is 3.78. The molecular formula is C5H9N3S2. The summed E-state index contributed by atoms with van der Waals surface area (Å²) in [4.78, 5) is 4.01. The summed E-state index contributed by atoms with van der Waals surface area (Å²) < 4.78 is 4.04. The first-order valence-corrected chi connectivity index (χ1v) is 4.91. The summed E-state index contributed by atoms with van der Waals surface area (Å²) >= 11 is 3.06. The molecule has 0 saturated carbocycles. The zero-order valence-electron chi connectivity index (χ0n) is 5.70. The van der Waals surface area contributed by atoms with Crippen LogP contribution in [-0.4, -0.2) is 15.1 Å². The SMILES string of the molecule is CCSCc1nsc(N)n1. The van der Waals surface area contributed by atoms with Gasteiger partial charge in [-0.15, -0.1) is 0 Å². The summed E-state index contributed by atoms with van der Waals surface area (Å²) in [6, 6.07) is 0. The number of nitrogens with zero attached hydrogens (tertiary/aromatic N) is 2. The van der Waals surface area contributed by atoms with E-state index in [1.165, 1.54) is 11.5 Å². The maximum absolute atomic E-state index is 5.39. The Morgan fingerprint density at radius 2 is 2.50 bits per heavy atom. The van der Waals surface area contributed by atoms with Crippen molar-refractivity contribution in [1.29, 1.82) is 0 Å². The van der Waals surface area contributed by atoms with Crippen LogP contribution >= 0.6 is 23.3 Å². The molecule has 0 radical (unpaired) electrons. The molecule has 0 aliphatic carbocycles. The van der Waals surface area contributed by atoms with Crippen LogP contribution in [0.4, 0.5) is 5.13 Å². The number of nitrogen functional groups attached to an aromatic ring is 1. The lowest BCUT2D eigenvalue weighted by Gasteiger charge is -1.88. The highest BCUT2D eigenvalue weighted by molar-refractivity contribution is 7.98. The first kappa shape index (κ1) is 7.81.